The largest absolute Gasteiger partial charge is 0.507 e. The molecule has 0 saturated carbocycles. The van der Waals surface area contributed by atoms with Crippen LogP contribution < -0.4 is 9.47 Å². The van der Waals surface area contributed by atoms with E-state index in [0.29, 0.717) is 34.3 Å². The van der Waals surface area contributed by atoms with Crippen LogP contribution in [0.25, 0.3) is 10.8 Å². The molecular weight excluding hydrogens is 613 g/mol. The first kappa shape index (κ1) is 38.0. The second kappa shape index (κ2) is 16.1. The number of phenolic OH excluding ortho intramolecular Hbond substituents is 1. The Balaban J connectivity index is 2.19. The lowest BCUT2D eigenvalue weighted by atomic mass is 9.93. The third-order valence-electron chi connectivity index (χ3n) is 10.0. The third-order valence-corrected chi connectivity index (χ3v) is 19.3. The number of aromatic hydroxyl groups is 1. The Morgan fingerprint density at radius 2 is 1.43 bits per heavy atom. The molecule has 3 rings (SSSR count). The van der Waals surface area contributed by atoms with E-state index in [2.05, 4.69) is 61.6 Å². The molecule has 256 valence electrons. The number of rotatable bonds is 17. The first-order valence-electron chi connectivity index (χ1n) is 16.7. The maximum absolute atomic E-state index is 12.4. The van der Waals surface area contributed by atoms with Crippen LogP contribution in [-0.2, 0) is 20.2 Å². The van der Waals surface area contributed by atoms with Crippen LogP contribution in [0.3, 0.4) is 0 Å². The molecule has 0 spiro atoms. The molecule has 0 aliphatic heterocycles. The van der Waals surface area contributed by atoms with Crippen LogP contribution in [-0.4, -0.2) is 59.4 Å². The van der Waals surface area contributed by atoms with Gasteiger partial charge in [-0.05, 0) is 67.3 Å². The van der Waals surface area contributed by atoms with E-state index < -0.39 is 34.9 Å². The lowest BCUT2D eigenvalue weighted by Gasteiger charge is -2.42. The van der Waals surface area contributed by atoms with E-state index in [-0.39, 0.29) is 23.5 Å². The maximum Gasteiger partial charge on any atom is 0.192 e. The Morgan fingerprint density at radius 1 is 0.826 bits per heavy atom. The molecule has 3 aromatic carbocycles. The standard InChI is InChI=1S/C37H58O7Si2/c1-12-46(13-2,14-3)44-32(23-26(4)43-45(10,11)37(5,6)7)36(42-25-27-19-16-15-17-20-27)35(39)29-24-31(41-9)28-21-18-22-30(40-8)33(28)34(29)38/h15-22,24,26,32,35-36,38-39H,12-14,23,25H2,1-11H3/t26-,32-,35?,36-/m1/s1. The van der Waals surface area contributed by atoms with Crippen molar-refractivity contribution >= 4 is 27.4 Å². The Bertz CT molecular complexity index is 1380. The topological polar surface area (TPSA) is 86.6 Å². The van der Waals surface area contributed by atoms with E-state index in [1.807, 2.05) is 42.5 Å². The molecule has 0 saturated heterocycles. The first-order valence-corrected chi connectivity index (χ1v) is 22.2. The number of methoxy groups -OCH3 is 2. The Labute approximate surface area is 279 Å². The minimum absolute atomic E-state index is 0.0433. The van der Waals surface area contributed by atoms with Gasteiger partial charge in [0, 0.05) is 17.1 Å². The number of phenols is 1. The van der Waals surface area contributed by atoms with E-state index >= 15 is 0 Å². The molecule has 9 heteroatoms. The van der Waals surface area contributed by atoms with Crippen LogP contribution in [0.5, 0.6) is 17.2 Å². The second-order valence-electron chi connectivity index (χ2n) is 13.9. The fraction of sp³-hybridized carbons (Fsp3) is 0.568. The number of ether oxygens (including phenoxy) is 3. The smallest absolute Gasteiger partial charge is 0.192 e. The SMILES string of the molecule is CC[Si](CC)(CC)O[C@H](C[C@@H](C)O[Si](C)(C)C(C)(C)C)[C@@H](OCc1ccccc1)C(O)c1cc(OC)c2cccc(OC)c2c1O. The van der Waals surface area contributed by atoms with E-state index in [1.165, 1.54) is 0 Å². The normalized spacial score (nSPS) is 15.4. The minimum Gasteiger partial charge on any atom is -0.507 e. The fourth-order valence-corrected chi connectivity index (χ4v) is 10.3. The molecule has 0 aliphatic rings. The van der Waals surface area contributed by atoms with Gasteiger partial charge < -0.3 is 33.3 Å². The molecular formula is C37H58O7Si2. The quantitative estimate of drug-likeness (QED) is 0.138. The van der Waals surface area contributed by atoms with Gasteiger partial charge in [-0.15, -0.1) is 0 Å². The van der Waals surface area contributed by atoms with Crippen molar-refractivity contribution in [1.82, 2.24) is 0 Å². The van der Waals surface area contributed by atoms with Gasteiger partial charge in [0.15, 0.2) is 16.6 Å². The Hall–Kier alpha value is -2.41. The molecule has 0 heterocycles. The predicted octanol–water partition coefficient (Wildman–Crippen LogP) is 9.37. The Morgan fingerprint density at radius 3 is 1.98 bits per heavy atom. The maximum atomic E-state index is 12.4. The third kappa shape index (κ3) is 8.73. The minimum atomic E-state index is -2.19. The zero-order valence-corrected chi connectivity index (χ0v) is 32.0. The van der Waals surface area contributed by atoms with Crippen molar-refractivity contribution in [1.29, 1.82) is 0 Å². The number of fused-ring (bicyclic) bond motifs is 1. The molecule has 46 heavy (non-hydrogen) atoms. The predicted molar refractivity (Wildman–Crippen MR) is 193 cm³/mol. The molecule has 7 nitrogen and oxygen atoms in total. The van der Waals surface area contributed by atoms with Gasteiger partial charge >= 0.3 is 0 Å². The van der Waals surface area contributed by atoms with Crippen molar-refractivity contribution in [2.24, 2.45) is 0 Å². The molecule has 4 atom stereocenters. The summed E-state index contributed by atoms with van der Waals surface area (Å²) in [4.78, 5) is 0. The van der Waals surface area contributed by atoms with Gasteiger partial charge in [0.05, 0.1) is 32.3 Å². The summed E-state index contributed by atoms with van der Waals surface area (Å²) in [5, 5.41) is 25.3. The fourth-order valence-electron chi connectivity index (χ4n) is 5.95. The van der Waals surface area contributed by atoms with Crippen LogP contribution in [0, 0.1) is 0 Å². The molecule has 0 aromatic heterocycles. The van der Waals surface area contributed by atoms with Crippen molar-refractivity contribution in [3.05, 3.63) is 65.7 Å². The summed E-state index contributed by atoms with van der Waals surface area (Å²) in [7, 11) is -1.14. The van der Waals surface area contributed by atoms with Crippen LogP contribution in [0.2, 0.25) is 36.3 Å². The lowest BCUT2D eigenvalue weighted by molar-refractivity contribution is -0.112. The van der Waals surface area contributed by atoms with Crippen molar-refractivity contribution in [3.8, 4) is 17.2 Å². The van der Waals surface area contributed by atoms with Gasteiger partial charge in [-0.1, -0.05) is 84.0 Å². The lowest BCUT2D eigenvalue weighted by Crippen LogP contribution is -2.49. The highest BCUT2D eigenvalue weighted by Crippen LogP contribution is 2.45. The molecule has 0 fully saturated rings. The summed E-state index contributed by atoms with van der Waals surface area (Å²) < 4.78 is 32.2. The van der Waals surface area contributed by atoms with Gasteiger partial charge in [0.1, 0.15) is 29.5 Å². The van der Waals surface area contributed by atoms with E-state index in [4.69, 9.17) is 23.1 Å². The number of hydrogen-bond acceptors (Lipinski definition) is 7. The van der Waals surface area contributed by atoms with Crippen LogP contribution in [0.4, 0.5) is 0 Å². The summed E-state index contributed by atoms with van der Waals surface area (Å²) in [6.45, 7) is 20.2. The molecule has 0 bridgehead atoms. The zero-order chi connectivity index (χ0) is 34.3. The van der Waals surface area contributed by atoms with Crippen LogP contribution in [0.15, 0.2) is 54.6 Å². The molecule has 0 radical (unpaired) electrons. The summed E-state index contributed by atoms with van der Waals surface area (Å²) in [6.07, 6.45) is -2.16. The average Bonchev–Trinajstić information content (AvgIpc) is 3.03. The Kier molecular flexibility index (Phi) is 13.3. The summed E-state index contributed by atoms with van der Waals surface area (Å²) >= 11 is 0. The van der Waals surface area contributed by atoms with Gasteiger partial charge in [-0.3, -0.25) is 0 Å². The first-order chi connectivity index (χ1) is 21.7. The zero-order valence-electron chi connectivity index (χ0n) is 30.0. The summed E-state index contributed by atoms with van der Waals surface area (Å²) in [5.74, 6) is 0.945. The number of hydrogen-bond donors (Lipinski definition) is 2. The van der Waals surface area contributed by atoms with Crippen molar-refractivity contribution < 1.29 is 33.3 Å². The molecule has 1 unspecified atom stereocenters. The molecule has 2 N–H and O–H groups in total. The molecule has 3 aromatic rings. The van der Waals surface area contributed by atoms with Crippen molar-refractivity contribution in [2.75, 3.05) is 14.2 Å². The molecule has 0 amide bonds. The van der Waals surface area contributed by atoms with Gasteiger partial charge in [-0.25, -0.2) is 0 Å². The van der Waals surface area contributed by atoms with Crippen LogP contribution >= 0.6 is 0 Å². The highest BCUT2D eigenvalue weighted by atomic mass is 28.4. The van der Waals surface area contributed by atoms with Gasteiger partial charge in [-0.2, -0.15) is 0 Å². The van der Waals surface area contributed by atoms with Crippen molar-refractivity contribution in [3.63, 3.8) is 0 Å². The average molecular weight is 671 g/mol. The highest BCUT2D eigenvalue weighted by molar-refractivity contribution is 6.74. The second-order valence-corrected chi connectivity index (χ2v) is 23.4. The summed E-state index contributed by atoms with van der Waals surface area (Å²) in [6, 6.07) is 20.0. The van der Waals surface area contributed by atoms with E-state index in [1.54, 1.807) is 26.4 Å². The van der Waals surface area contributed by atoms with E-state index in [0.717, 1.165) is 23.7 Å². The monoisotopic (exact) mass is 670 g/mol. The summed E-state index contributed by atoms with van der Waals surface area (Å²) in [5.41, 5.74) is 1.28. The number of benzene rings is 3. The van der Waals surface area contributed by atoms with Gasteiger partial charge in [0.25, 0.3) is 0 Å². The van der Waals surface area contributed by atoms with Crippen LogP contribution in [0.1, 0.15) is 72.1 Å². The van der Waals surface area contributed by atoms with Crippen molar-refractivity contribution in [2.45, 2.75) is 122 Å². The number of aliphatic hydroxyl groups excluding tert-OH is 1. The highest BCUT2D eigenvalue weighted by Gasteiger charge is 2.43. The van der Waals surface area contributed by atoms with E-state index in [9.17, 15) is 10.2 Å². The number of aliphatic hydroxyl groups is 1. The van der Waals surface area contributed by atoms with Gasteiger partial charge in [0.2, 0.25) is 0 Å². The molecule has 0 aliphatic carbocycles.